The Kier molecular flexibility index (Phi) is 7.31. The van der Waals surface area contributed by atoms with E-state index in [0.29, 0.717) is 10.0 Å². The van der Waals surface area contributed by atoms with Crippen molar-refractivity contribution < 1.29 is 0 Å². The molecule has 0 aliphatic rings. The van der Waals surface area contributed by atoms with Crippen molar-refractivity contribution in [3.8, 4) is 5.69 Å². The van der Waals surface area contributed by atoms with Crippen molar-refractivity contribution in [2.75, 3.05) is 6.54 Å². The van der Waals surface area contributed by atoms with E-state index >= 15 is 0 Å². The summed E-state index contributed by atoms with van der Waals surface area (Å²) in [5.74, 6) is 0. The van der Waals surface area contributed by atoms with Crippen LogP contribution in [-0.2, 0) is 6.54 Å². The molecule has 0 saturated carbocycles. The normalized spacial score (nSPS) is 11.0. The minimum Gasteiger partial charge on any atom is -0.318 e. The van der Waals surface area contributed by atoms with Crippen molar-refractivity contribution in [3.05, 3.63) is 52.3 Å². The number of nitrogens with zero attached hydrogens (tertiary/aromatic N) is 1. The molecule has 0 aliphatic heterocycles. The van der Waals surface area contributed by atoms with Gasteiger partial charge in [0.1, 0.15) is 0 Å². The lowest BCUT2D eigenvalue weighted by atomic mass is 10.1. The van der Waals surface area contributed by atoms with Gasteiger partial charge in [-0.1, -0.05) is 55.8 Å². The topological polar surface area (TPSA) is 17.0 Å². The fourth-order valence-electron chi connectivity index (χ4n) is 2.54. The number of benzene rings is 1. The first kappa shape index (κ1) is 17.4. The monoisotopic (exact) mass is 338 g/mol. The van der Waals surface area contributed by atoms with E-state index in [0.717, 1.165) is 18.8 Å². The Hall–Kier alpha value is -0.960. The smallest absolute Gasteiger partial charge is 0.0661 e. The van der Waals surface area contributed by atoms with E-state index in [1.165, 1.54) is 37.8 Å². The molecule has 2 aromatic rings. The third-order valence-corrected chi connectivity index (χ3v) is 4.30. The number of aromatic nitrogens is 1. The van der Waals surface area contributed by atoms with Gasteiger partial charge in [-0.3, -0.25) is 0 Å². The first-order chi connectivity index (χ1) is 10.7. The summed E-state index contributed by atoms with van der Waals surface area (Å²) in [5.41, 5.74) is 2.17. The van der Waals surface area contributed by atoms with Crippen molar-refractivity contribution >= 4 is 23.2 Å². The Morgan fingerprint density at radius 3 is 2.64 bits per heavy atom. The zero-order valence-electron chi connectivity index (χ0n) is 13.1. The van der Waals surface area contributed by atoms with Crippen LogP contribution in [0.5, 0.6) is 0 Å². The summed E-state index contributed by atoms with van der Waals surface area (Å²) in [4.78, 5) is 0. The molecular formula is C18H24Cl2N2. The van der Waals surface area contributed by atoms with Crippen molar-refractivity contribution in [1.82, 2.24) is 9.88 Å². The second-order valence-electron chi connectivity index (χ2n) is 5.56. The second-order valence-corrected chi connectivity index (χ2v) is 6.40. The van der Waals surface area contributed by atoms with Gasteiger partial charge in [0.15, 0.2) is 0 Å². The van der Waals surface area contributed by atoms with Crippen LogP contribution in [0.15, 0.2) is 36.5 Å². The van der Waals surface area contributed by atoms with Crippen molar-refractivity contribution in [3.63, 3.8) is 0 Å². The molecule has 0 atom stereocenters. The third kappa shape index (κ3) is 5.05. The molecule has 4 heteroatoms. The fourth-order valence-corrected chi connectivity index (χ4v) is 3.04. The van der Waals surface area contributed by atoms with E-state index in [1.807, 2.05) is 24.4 Å². The highest BCUT2D eigenvalue weighted by Crippen LogP contribution is 2.25. The number of hydrogen-bond acceptors (Lipinski definition) is 1. The molecule has 1 aromatic heterocycles. The average Bonchev–Trinajstić information content (AvgIpc) is 2.94. The van der Waals surface area contributed by atoms with Crippen LogP contribution in [0.2, 0.25) is 10.0 Å². The van der Waals surface area contributed by atoms with E-state index in [1.54, 1.807) is 6.07 Å². The number of unbranched alkanes of at least 4 members (excludes halogenated alkanes) is 4. The quantitative estimate of drug-likeness (QED) is 0.568. The molecule has 0 fully saturated rings. The molecule has 0 radical (unpaired) electrons. The lowest BCUT2D eigenvalue weighted by Crippen LogP contribution is -2.17. The molecule has 0 unspecified atom stereocenters. The Balaban J connectivity index is 1.87. The highest BCUT2D eigenvalue weighted by Gasteiger charge is 2.07. The largest absolute Gasteiger partial charge is 0.318 e. The first-order valence-corrected chi connectivity index (χ1v) is 8.80. The first-order valence-electron chi connectivity index (χ1n) is 8.04. The van der Waals surface area contributed by atoms with Crippen molar-refractivity contribution in [2.45, 2.75) is 45.6 Å². The Labute approximate surface area is 143 Å². The standard InChI is InChI=1S/C18H24Cl2N2/c1-2-3-4-5-6-11-21-14-16-8-7-12-22(16)18-10-9-15(19)13-17(18)20/h7-10,12-13,21H,2-6,11,14H2,1H3. The van der Waals surface area contributed by atoms with Crippen LogP contribution >= 0.6 is 23.2 Å². The zero-order valence-corrected chi connectivity index (χ0v) is 14.6. The molecule has 2 nitrogen and oxygen atoms in total. The second kappa shape index (κ2) is 9.24. The van der Waals surface area contributed by atoms with Crippen LogP contribution in [-0.4, -0.2) is 11.1 Å². The van der Waals surface area contributed by atoms with Crippen LogP contribution in [0, 0.1) is 0 Å². The van der Waals surface area contributed by atoms with Crippen molar-refractivity contribution in [1.29, 1.82) is 0 Å². The predicted molar refractivity (Wildman–Crippen MR) is 96.3 cm³/mol. The van der Waals surface area contributed by atoms with Gasteiger partial charge in [-0.05, 0) is 43.3 Å². The molecule has 1 heterocycles. The van der Waals surface area contributed by atoms with E-state index in [9.17, 15) is 0 Å². The average molecular weight is 339 g/mol. The SMILES string of the molecule is CCCCCCCNCc1cccn1-c1ccc(Cl)cc1Cl. The summed E-state index contributed by atoms with van der Waals surface area (Å²) >= 11 is 12.3. The lowest BCUT2D eigenvalue weighted by Gasteiger charge is -2.12. The van der Waals surface area contributed by atoms with Gasteiger partial charge < -0.3 is 9.88 Å². The highest BCUT2D eigenvalue weighted by molar-refractivity contribution is 6.35. The summed E-state index contributed by atoms with van der Waals surface area (Å²) in [6, 6.07) is 9.77. The number of hydrogen-bond donors (Lipinski definition) is 1. The summed E-state index contributed by atoms with van der Waals surface area (Å²) in [6.45, 7) is 4.15. The van der Waals surface area contributed by atoms with Crippen LogP contribution in [0.4, 0.5) is 0 Å². The molecule has 0 amide bonds. The van der Waals surface area contributed by atoms with Gasteiger partial charge >= 0.3 is 0 Å². The molecule has 22 heavy (non-hydrogen) atoms. The Morgan fingerprint density at radius 2 is 1.86 bits per heavy atom. The van der Waals surface area contributed by atoms with E-state index in [4.69, 9.17) is 23.2 Å². The number of halogens is 2. The summed E-state index contributed by atoms with van der Waals surface area (Å²) in [7, 11) is 0. The maximum atomic E-state index is 6.30. The molecule has 1 aromatic carbocycles. The highest BCUT2D eigenvalue weighted by atomic mass is 35.5. The van der Waals surface area contributed by atoms with E-state index in [-0.39, 0.29) is 0 Å². The van der Waals surface area contributed by atoms with Crippen LogP contribution in [0.3, 0.4) is 0 Å². The molecule has 0 aliphatic carbocycles. The van der Waals surface area contributed by atoms with Gasteiger partial charge in [0.05, 0.1) is 10.7 Å². The third-order valence-electron chi connectivity index (χ3n) is 3.77. The summed E-state index contributed by atoms with van der Waals surface area (Å²) in [5, 5.41) is 4.85. The molecular weight excluding hydrogens is 315 g/mol. The van der Waals surface area contributed by atoms with Gasteiger partial charge in [0.25, 0.3) is 0 Å². The van der Waals surface area contributed by atoms with Crippen molar-refractivity contribution in [2.24, 2.45) is 0 Å². The maximum absolute atomic E-state index is 6.30. The molecule has 0 bridgehead atoms. The van der Waals surface area contributed by atoms with Gasteiger partial charge in [0.2, 0.25) is 0 Å². The van der Waals surface area contributed by atoms with Crippen LogP contribution in [0.25, 0.3) is 5.69 Å². The zero-order chi connectivity index (χ0) is 15.8. The van der Waals surface area contributed by atoms with Crippen LogP contribution in [0.1, 0.15) is 44.7 Å². The van der Waals surface area contributed by atoms with E-state index < -0.39 is 0 Å². The van der Waals surface area contributed by atoms with Gasteiger partial charge in [-0.15, -0.1) is 0 Å². The lowest BCUT2D eigenvalue weighted by molar-refractivity contribution is 0.578. The Morgan fingerprint density at radius 1 is 1.05 bits per heavy atom. The van der Waals surface area contributed by atoms with Gasteiger partial charge in [-0.2, -0.15) is 0 Å². The van der Waals surface area contributed by atoms with Crippen LogP contribution < -0.4 is 5.32 Å². The minimum absolute atomic E-state index is 0.660. The molecule has 0 spiro atoms. The number of nitrogens with one attached hydrogen (secondary N) is 1. The molecule has 1 N–H and O–H groups in total. The molecule has 120 valence electrons. The Bertz CT molecular complexity index is 578. The number of rotatable bonds is 9. The van der Waals surface area contributed by atoms with E-state index in [2.05, 4.69) is 22.9 Å². The predicted octanol–water partition coefficient (Wildman–Crippen LogP) is 5.84. The molecule has 0 saturated heterocycles. The minimum atomic E-state index is 0.660. The van der Waals surface area contributed by atoms with Gasteiger partial charge in [0, 0.05) is 23.5 Å². The summed E-state index contributed by atoms with van der Waals surface area (Å²) < 4.78 is 2.11. The molecule has 2 rings (SSSR count). The fraction of sp³-hybridized carbons (Fsp3) is 0.444. The summed E-state index contributed by atoms with van der Waals surface area (Å²) in [6.07, 6.45) is 8.57. The van der Waals surface area contributed by atoms with Gasteiger partial charge in [-0.25, -0.2) is 0 Å². The maximum Gasteiger partial charge on any atom is 0.0661 e.